The Morgan fingerprint density at radius 1 is 1.23 bits per heavy atom. The van der Waals surface area contributed by atoms with Gasteiger partial charge in [-0.3, -0.25) is 19.0 Å². The number of rotatable bonds is 14. The summed E-state index contributed by atoms with van der Waals surface area (Å²) < 4.78 is 6.32. The Labute approximate surface area is 179 Å². The maximum absolute atomic E-state index is 12.3. The highest BCUT2D eigenvalue weighted by molar-refractivity contribution is 7.99. The molecule has 1 aromatic heterocycles. The Morgan fingerprint density at radius 2 is 1.97 bits per heavy atom. The van der Waals surface area contributed by atoms with Gasteiger partial charge >= 0.3 is 0 Å². The number of aromatic hydroxyl groups is 2. The SMILES string of the molecule is CCOCCNC(=O)C(CSc1cc(O)n(CCC(=O)NCCO)c1O)NC(C)=O. The van der Waals surface area contributed by atoms with Crippen molar-refractivity contribution in [3.8, 4) is 11.8 Å². The average Bonchev–Trinajstić information content (AvgIpc) is 2.97. The summed E-state index contributed by atoms with van der Waals surface area (Å²) in [5.41, 5.74) is 0. The second-order valence-electron chi connectivity index (χ2n) is 6.22. The predicted octanol–water partition coefficient (Wildman–Crippen LogP) is -0.853. The van der Waals surface area contributed by atoms with Gasteiger partial charge < -0.3 is 36.0 Å². The minimum Gasteiger partial charge on any atom is -0.494 e. The molecule has 1 heterocycles. The summed E-state index contributed by atoms with van der Waals surface area (Å²) in [6.07, 6.45) is -0.00331. The summed E-state index contributed by atoms with van der Waals surface area (Å²) in [6, 6.07) is 0.479. The van der Waals surface area contributed by atoms with Gasteiger partial charge in [-0.05, 0) is 6.92 Å². The zero-order valence-corrected chi connectivity index (χ0v) is 18.0. The number of thioether (sulfide) groups is 1. The molecule has 1 atom stereocenters. The molecule has 170 valence electrons. The van der Waals surface area contributed by atoms with Crippen LogP contribution in [0.5, 0.6) is 11.8 Å². The lowest BCUT2D eigenvalue weighted by molar-refractivity contribution is -0.127. The Balaban J connectivity index is 2.69. The first kappa shape index (κ1) is 25.6. The molecule has 0 aromatic carbocycles. The van der Waals surface area contributed by atoms with Crippen LogP contribution < -0.4 is 16.0 Å². The number of carbonyl (C=O) groups is 3. The van der Waals surface area contributed by atoms with E-state index in [2.05, 4.69) is 16.0 Å². The molecule has 0 fully saturated rings. The van der Waals surface area contributed by atoms with Crippen LogP contribution in [0.2, 0.25) is 0 Å². The summed E-state index contributed by atoms with van der Waals surface area (Å²) in [5, 5.41) is 36.8. The molecule has 0 spiro atoms. The van der Waals surface area contributed by atoms with Gasteiger partial charge in [0.25, 0.3) is 0 Å². The van der Waals surface area contributed by atoms with E-state index in [9.17, 15) is 24.6 Å². The van der Waals surface area contributed by atoms with Crippen LogP contribution in [0.4, 0.5) is 0 Å². The standard InChI is InChI=1S/C18H30N4O7S/c1-3-29-9-6-20-17(27)13(21-12(2)24)11-30-14-10-16(26)22(18(14)28)7-4-15(25)19-5-8-23/h10,13,23,26,28H,3-9,11H2,1-2H3,(H,19,25)(H,20,27)(H,21,24). The molecule has 0 saturated heterocycles. The minimum atomic E-state index is -0.844. The highest BCUT2D eigenvalue weighted by atomic mass is 32.2. The Morgan fingerprint density at radius 3 is 2.60 bits per heavy atom. The second kappa shape index (κ2) is 13.7. The number of ether oxygens (including phenoxy) is 1. The lowest BCUT2D eigenvalue weighted by Crippen LogP contribution is -2.48. The van der Waals surface area contributed by atoms with E-state index in [1.807, 2.05) is 6.92 Å². The van der Waals surface area contributed by atoms with Crippen LogP contribution in [-0.2, 0) is 25.7 Å². The number of nitrogens with one attached hydrogen (secondary N) is 3. The van der Waals surface area contributed by atoms with Crippen molar-refractivity contribution in [2.45, 2.75) is 37.8 Å². The molecule has 1 aromatic rings. The summed E-state index contributed by atoms with van der Waals surface area (Å²) in [7, 11) is 0. The molecule has 0 aliphatic heterocycles. The van der Waals surface area contributed by atoms with E-state index in [1.165, 1.54) is 13.0 Å². The molecule has 0 saturated carbocycles. The molecule has 12 heteroatoms. The Bertz CT molecular complexity index is 711. The van der Waals surface area contributed by atoms with E-state index in [0.717, 1.165) is 16.3 Å². The third kappa shape index (κ3) is 8.93. The smallest absolute Gasteiger partial charge is 0.243 e. The fourth-order valence-corrected chi connectivity index (χ4v) is 3.45. The molecular formula is C18H30N4O7S. The maximum atomic E-state index is 12.3. The predicted molar refractivity (Wildman–Crippen MR) is 110 cm³/mol. The number of aliphatic hydroxyl groups is 1. The Hall–Kier alpha value is -2.44. The molecule has 0 radical (unpaired) electrons. The molecule has 0 aliphatic rings. The number of aromatic nitrogens is 1. The van der Waals surface area contributed by atoms with Gasteiger partial charge in [-0.1, -0.05) is 0 Å². The largest absolute Gasteiger partial charge is 0.494 e. The zero-order valence-electron chi connectivity index (χ0n) is 17.1. The first-order valence-electron chi connectivity index (χ1n) is 9.54. The summed E-state index contributed by atoms with van der Waals surface area (Å²) in [6.45, 7) is 4.30. The zero-order chi connectivity index (χ0) is 22.5. The Kier molecular flexibility index (Phi) is 11.7. The first-order valence-corrected chi connectivity index (χ1v) is 10.5. The average molecular weight is 447 g/mol. The van der Waals surface area contributed by atoms with Crippen LogP contribution in [0.3, 0.4) is 0 Å². The highest BCUT2D eigenvalue weighted by Crippen LogP contribution is 2.35. The maximum Gasteiger partial charge on any atom is 0.243 e. The summed E-state index contributed by atoms with van der Waals surface area (Å²) in [4.78, 5) is 35.7. The molecule has 1 unspecified atom stereocenters. The van der Waals surface area contributed by atoms with Crippen molar-refractivity contribution in [2.75, 3.05) is 38.7 Å². The van der Waals surface area contributed by atoms with Gasteiger partial charge in [0.15, 0.2) is 5.88 Å². The summed E-state index contributed by atoms with van der Waals surface area (Å²) >= 11 is 1.08. The van der Waals surface area contributed by atoms with E-state index >= 15 is 0 Å². The van der Waals surface area contributed by atoms with Gasteiger partial charge in [0.2, 0.25) is 23.6 Å². The fourth-order valence-electron chi connectivity index (χ4n) is 2.44. The van der Waals surface area contributed by atoms with Crippen molar-refractivity contribution in [3.05, 3.63) is 6.07 Å². The third-order valence-corrected chi connectivity index (χ3v) is 4.97. The monoisotopic (exact) mass is 446 g/mol. The number of aliphatic hydroxyl groups excluding tert-OH is 1. The van der Waals surface area contributed by atoms with Gasteiger partial charge in [0.1, 0.15) is 6.04 Å². The van der Waals surface area contributed by atoms with Crippen LogP contribution in [-0.4, -0.2) is 82.3 Å². The van der Waals surface area contributed by atoms with Gasteiger partial charge in [-0.15, -0.1) is 11.8 Å². The molecule has 6 N–H and O–H groups in total. The van der Waals surface area contributed by atoms with Crippen molar-refractivity contribution in [3.63, 3.8) is 0 Å². The van der Waals surface area contributed by atoms with Crippen molar-refractivity contribution >= 4 is 29.5 Å². The van der Waals surface area contributed by atoms with Crippen molar-refractivity contribution in [1.82, 2.24) is 20.5 Å². The summed E-state index contributed by atoms with van der Waals surface area (Å²) in [5.74, 6) is -1.46. The van der Waals surface area contributed by atoms with Gasteiger partial charge in [-0.25, -0.2) is 0 Å². The molecule has 1 rings (SSSR count). The van der Waals surface area contributed by atoms with Crippen LogP contribution in [0.15, 0.2) is 11.0 Å². The lowest BCUT2D eigenvalue weighted by atomic mass is 10.3. The van der Waals surface area contributed by atoms with Crippen LogP contribution >= 0.6 is 11.8 Å². The van der Waals surface area contributed by atoms with E-state index < -0.39 is 6.04 Å². The van der Waals surface area contributed by atoms with Gasteiger partial charge in [0, 0.05) is 51.4 Å². The number of carbonyl (C=O) groups excluding carboxylic acids is 3. The topological polar surface area (TPSA) is 162 Å². The number of hydrogen-bond acceptors (Lipinski definition) is 8. The van der Waals surface area contributed by atoms with E-state index in [4.69, 9.17) is 9.84 Å². The van der Waals surface area contributed by atoms with E-state index in [1.54, 1.807) is 0 Å². The molecule has 0 aliphatic carbocycles. The van der Waals surface area contributed by atoms with Crippen molar-refractivity contribution in [2.24, 2.45) is 0 Å². The second-order valence-corrected chi connectivity index (χ2v) is 7.28. The minimum absolute atomic E-state index is 0.00331. The van der Waals surface area contributed by atoms with Crippen LogP contribution in [0, 0.1) is 0 Å². The molecule has 30 heavy (non-hydrogen) atoms. The number of amides is 3. The van der Waals surface area contributed by atoms with Crippen molar-refractivity contribution < 1.29 is 34.4 Å². The number of nitrogens with zero attached hydrogens (tertiary/aromatic N) is 1. The van der Waals surface area contributed by atoms with Crippen LogP contribution in [0.1, 0.15) is 20.3 Å². The molecule has 3 amide bonds. The lowest BCUT2D eigenvalue weighted by Gasteiger charge is -2.17. The normalized spacial score (nSPS) is 11.7. The molecule has 11 nitrogen and oxygen atoms in total. The van der Waals surface area contributed by atoms with E-state index in [-0.39, 0.29) is 61.4 Å². The van der Waals surface area contributed by atoms with Crippen LogP contribution in [0.25, 0.3) is 0 Å². The fraction of sp³-hybridized carbons (Fsp3) is 0.611. The van der Waals surface area contributed by atoms with Crippen molar-refractivity contribution in [1.29, 1.82) is 0 Å². The highest BCUT2D eigenvalue weighted by Gasteiger charge is 2.22. The quantitative estimate of drug-likeness (QED) is 0.159. The van der Waals surface area contributed by atoms with Gasteiger partial charge in [-0.2, -0.15) is 0 Å². The first-order chi connectivity index (χ1) is 14.3. The number of hydrogen-bond donors (Lipinski definition) is 6. The third-order valence-electron chi connectivity index (χ3n) is 3.86. The molecular weight excluding hydrogens is 416 g/mol. The van der Waals surface area contributed by atoms with Gasteiger partial charge in [0.05, 0.1) is 18.1 Å². The van der Waals surface area contributed by atoms with E-state index in [0.29, 0.717) is 24.7 Å². The molecule has 0 bridgehead atoms.